The molecule has 0 amide bonds. The van der Waals surface area contributed by atoms with Crippen molar-refractivity contribution in [3.8, 4) is 0 Å². The summed E-state index contributed by atoms with van der Waals surface area (Å²) in [4.78, 5) is 13.5. The average molecular weight is 338 g/mol. The first-order valence-electron chi connectivity index (χ1n) is 8.53. The molecule has 1 aromatic heterocycles. The summed E-state index contributed by atoms with van der Waals surface area (Å²) < 4.78 is 23.5. The number of aromatic nitrogens is 2. The number of rotatable bonds is 4. The van der Waals surface area contributed by atoms with Gasteiger partial charge >= 0.3 is 0 Å². The van der Waals surface area contributed by atoms with Gasteiger partial charge in [-0.2, -0.15) is 4.98 Å². The lowest BCUT2D eigenvalue weighted by Gasteiger charge is -2.33. The summed E-state index contributed by atoms with van der Waals surface area (Å²) in [6, 6.07) is 1.96. The van der Waals surface area contributed by atoms with Crippen LogP contribution in [0.5, 0.6) is 0 Å². The number of nitrogens with zero attached hydrogens (tertiary/aromatic N) is 4. The molecule has 0 N–H and O–H groups in total. The van der Waals surface area contributed by atoms with Crippen molar-refractivity contribution in [3.05, 3.63) is 12.3 Å². The third-order valence-electron chi connectivity index (χ3n) is 4.86. The van der Waals surface area contributed by atoms with Crippen molar-refractivity contribution in [1.29, 1.82) is 0 Å². The highest BCUT2D eigenvalue weighted by atomic mass is 32.2. The number of hydrogen-bond donors (Lipinski definition) is 0. The highest BCUT2D eigenvalue weighted by molar-refractivity contribution is 7.91. The smallest absolute Gasteiger partial charge is 0.227 e. The molecule has 3 rings (SSSR count). The fourth-order valence-electron chi connectivity index (χ4n) is 3.64. The number of hydrogen-bond acceptors (Lipinski definition) is 6. The summed E-state index contributed by atoms with van der Waals surface area (Å²) in [5, 5.41) is 0. The highest BCUT2D eigenvalue weighted by Crippen LogP contribution is 2.25. The van der Waals surface area contributed by atoms with E-state index in [-0.39, 0.29) is 17.5 Å². The second-order valence-corrected chi connectivity index (χ2v) is 8.98. The zero-order valence-electron chi connectivity index (χ0n) is 14.0. The molecule has 0 radical (unpaired) electrons. The van der Waals surface area contributed by atoms with Gasteiger partial charge in [0.15, 0.2) is 9.84 Å². The Labute approximate surface area is 138 Å². The van der Waals surface area contributed by atoms with Crippen LogP contribution in [-0.2, 0) is 9.84 Å². The Kier molecular flexibility index (Phi) is 4.75. The quantitative estimate of drug-likeness (QED) is 0.833. The minimum atomic E-state index is -2.90. The summed E-state index contributed by atoms with van der Waals surface area (Å²) in [6.45, 7) is 7.09. The number of sulfone groups is 1. The van der Waals surface area contributed by atoms with Crippen LogP contribution < -0.4 is 9.80 Å². The second-order valence-electron chi connectivity index (χ2n) is 6.75. The SMILES string of the molecule is CCN(c1nccc(N2CCCC(C)C2)n1)C1CCS(=O)(=O)C1. The molecule has 0 spiro atoms. The van der Waals surface area contributed by atoms with Gasteiger partial charge < -0.3 is 9.80 Å². The molecule has 0 aromatic carbocycles. The van der Waals surface area contributed by atoms with E-state index in [1.807, 2.05) is 17.9 Å². The van der Waals surface area contributed by atoms with Crippen LogP contribution in [-0.4, -0.2) is 55.6 Å². The molecule has 0 saturated carbocycles. The minimum Gasteiger partial charge on any atom is -0.356 e. The Balaban J connectivity index is 1.80. The van der Waals surface area contributed by atoms with Crippen molar-refractivity contribution >= 4 is 21.6 Å². The van der Waals surface area contributed by atoms with Crippen molar-refractivity contribution in [2.75, 3.05) is 40.9 Å². The van der Waals surface area contributed by atoms with Crippen LogP contribution in [0, 0.1) is 5.92 Å². The third kappa shape index (κ3) is 3.76. The van der Waals surface area contributed by atoms with Crippen molar-refractivity contribution in [1.82, 2.24) is 9.97 Å². The predicted octanol–water partition coefficient (Wildman–Crippen LogP) is 1.73. The van der Waals surface area contributed by atoms with E-state index in [0.29, 0.717) is 18.3 Å². The molecule has 2 aliphatic heterocycles. The molecule has 6 nitrogen and oxygen atoms in total. The van der Waals surface area contributed by atoms with Gasteiger partial charge in [0, 0.05) is 31.9 Å². The van der Waals surface area contributed by atoms with E-state index in [9.17, 15) is 8.42 Å². The zero-order valence-corrected chi connectivity index (χ0v) is 14.8. The van der Waals surface area contributed by atoms with E-state index < -0.39 is 9.84 Å². The van der Waals surface area contributed by atoms with Crippen LogP contribution in [0.1, 0.15) is 33.1 Å². The molecule has 2 fully saturated rings. The molecule has 23 heavy (non-hydrogen) atoms. The van der Waals surface area contributed by atoms with E-state index in [2.05, 4.69) is 16.8 Å². The molecule has 7 heteroatoms. The molecule has 3 heterocycles. The average Bonchev–Trinajstić information content (AvgIpc) is 2.88. The van der Waals surface area contributed by atoms with Crippen molar-refractivity contribution < 1.29 is 8.42 Å². The molecule has 2 unspecified atom stereocenters. The Morgan fingerprint density at radius 2 is 2.22 bits per heavy atom. The maximum atomic E-state index is 11.8. The number of piperidine rings is 1. The fourth-order valence-corrected chi connectivity index (χ4v) is 5.37. The first-order chi connectivity index (χ1) is 11.0. The lowest BCUT2D eigenvalue weighted by molar-refractivity contribution is 0.444. The van der Waals surface area contributed by atoms with Crippen LogP contribution in [0.2, 0.25) is 0 Å². The standard InChI is InChI=1S/C16H26N4O2S/c1-3-20(14-7-10-23(21,22)12-14)16-17-8-6-15(18-16)19-9-4-5-13(2)11-19/h6,8,13-14H,3-5,7,9-12H2,1-2H3. The lowest BCUT2D eigenvalue weighted by Crippen LogP contribution is -2.38. The van der Waals surface area contributed by atoms with E-state index in [4.69, 9.17) is 4.98 Å². The number of anilines is 2. The van der Waals surface area contributed by atoms with Crippen LogP contribution >= 0.6 is 0 Å². The van der Waals surface area contributed by atoms with E-state index >= 15 is 0 Å². The molecule has 1 aromatic rings. The fraction of sp³-hybridized carbons (Fsp3) is 0.750. The monoisotopic (exact) mass is 338 g/mol. The van der Waals surface area contributed by atoms with E-state index in [0.717, 1.165) is 25.5 Å². The van der Waals surface area contributed by atoms with Gasteiger partial charge in [-0.25, -0.2) is 13.4 Å². The first kappa shape index (κ1) is 16.5. The molecule has 128 valence electrons. The van der Waals surface area contributed by atoms with Gasteiger partial charge in [0.2, 0.25) is 5.95 Å². The molecule has 2 aliphatic rings. The Bertz CT molecular complexity index is 649. The zero-order chi connectivity index (χ0) is 16.4. The molecule has 2 saturated heterocycles. The van der Waals surface area contributed by atoms with Gasteiger partial charge in [-0.05, 0) is 38.2 Å². The lowest BCUT2D eigenvalue weighted by atomic mass is 10.0. The summed E-state index contributed by atoms with van der Waals surface area (Å²) >= 11 is 0. The van der Waals surface area contributed by atoms with Gasteiger partial charge in [-0.15, -0.1) is 0 Å². The Hall–Kier alpha value is -1.37. The topological polar surface area (TPSA) is 66.4 Å². The van der Waals surface area contributed by atoms with Gasteiger partial charge in [0.25, 0.3) is 0 Å². The summed E-state index contributed by atoms with van der Waals surface area (Å²) in [5.74, 6) is 2.79. The summed E-state index contributed by atoms with van der Waals surface area (Å²) in [5.41, 5.74) is 0. The van der Waals surface area contributed by atoms with E-state index in [1.165, 1.54) is 12.8 Å². The van der Waals surface area contributed by atoms with Gasteiger partial charge in [-0.1, -0.05) is 6.92 Å². The summed E-state index contributed by atoms with van der Waals surface area (Å²) in [6.07, 6.45) is 4.93. The van der Waals surface area contributed by atoms with Gasteiger partial charge in [0.05, 0.1) is 11.5 Å². The normalized spacial score (nSPS) is 27.1. The van der Waals surface area contributed by atoms with Crippen molar-refractivity contribution in [2.45, 2.75) is 39.2 Å². The second kappa shape index (κ2) is 6.63. The molecule has 2 atom stereocenters. The summed E-state index contributed by atoms with van der Waals surface area (Å²) in [7, 11) is -2.90. The van der Waals surface area contributed by atoms with E-state index in [1.54, 1.807) is 6.20 Å². The molecule has 0 bridgehead atoms. The maximum absolute atomic E-state index is 11.8. The van der Waals surface area contributed by atoms with Gasteiger partial charge in [-0.3, -0.25) is 0 Å². The molecular formula is C16H26N4O2S. The highest BCUT2D eigenvalue weighted by Gasteiger charge is 2.33. The molecule has 0 aliphatic carbocycles. The van der Waals surface area contributed by atoms with Crippen LogP contribution in [0.4, 0.5) is 11.8 Å². The van der Waals surface area contributed by atoms with Crippen LogP contribution in [0.3, 0.4) is 0 Å². The van der Waals surface area contributed by atoms with Crippen LogP contribution in [0.15, 0.2) is 12.3 Å². The maximum Gasteiger partial charge on any atom is 0.227 e. The Morgan fingerprint density at radius 3 is 2.87 bits per heavy atom. The first-order valence-corrected chi connectivity index (χ1v) is 10.4. The van der Waals surface area contributed by atoms with Crippen molar-refractivity contribution in [2.24, 2.45) is 5.92 Å². The minimum absolute atomic E-state index is 0.000490. The predicted molar refractivity (Wildman–Crippen MR) is 92.7 cm³/mol. The third-order valence-corrected chi connectivity index (χ3v) is 6.61. The largest absolute Gasteiger partial charge is 0.356 e. The van der Waals surface area contributed by atoms with Gasteiger partial charge in [0.1, 0.15) is 5.82 Å². The Morgan fingerprint density at radius 1 is 1.39 bits per heavy atom. The molecular weight excluding hydrogens is 312 g/mol. The van der Waals surface area contributed by atoms with Crippen LogP contribution in [0.25, 0.3) is 0 Å². The van der Waals surface area contributed by atoms with Crippen molar-refractivity contribution in [3.63, 3.8) is 0 Å².